The molecule has 2 atom stereocenters. The van der Waals surface area contributed by atoms with Gasteiger partial charge in [0.2, 0.25) is 23.6 Å². The Morgan fingerprint density at radius 1 is 0.615 bits per heavy atom. The highest BCUT2D eigenvalue weighted by Crippen LogP contribution is 2.24. The second-order valence-electron chi connectivity index (χ2n) is 13.1. The van der Waals surface area contributed by atoms with Crippen LogP contribution in [0.5, 0.6) is 11.5 Å². The molecular weight excluding hydrogens is 656 g/mol. The van der Waals surface area contributed by atoms with Gasteiger partial charge in [-0.1, -0.05) is 60.7 Å². The molecule has 2 aliphatic rings. The van der Waals surface area contributed by atoms with Crippen molar-refractivity contribution >= 4 is 47.2 Å². The van der Waals surface area contributed by atoms with Crippen LogP contribution in [0.15, 0.2) is 97.1 Å². The molecule has 0 unspecified atom stereocenters. The highest BCUT2D eigenvalue weighted by molar-refractivity contribution is 5.99. The largest absolute Gasteiger partial charge is 0.497 e. The highest BCUT2D eigenvalue weighted by atomic mass is 16.5. The van der Waals surface area contributed by atoms with Crippen LogP contribution in [0.3, 0.4) is 0 Å². The van der Waals surface area contributed by atoms with E-state index in [-0.39, 0.29) is 36.5 Å². The van der Waals surface area contributed by atoms with Crippen molar-refractivity contribution in [2.45, 2.75) is 50.6 Å². The van der Waals surface area contributed by atoms with Crippen molar-refractivity contribution < 1.29 is 28.7 Å². The third kappa shape index (κ3) is 9.06. The fraction of sp³-hybridized carbons (Fsp3) is 0.286. The number of nitrogens with zero attached hydrogens (tertiary/aromatic N) is 2. The number of ether oxygens (including phenoxy) is 2. The zero-order chi connectivity index (χ0) is 36.5. The van der Waals surface area contributed by atoms with Gasteiger partial charge in [-0.3, -0.25) is 19.2 Å². The van der Waals surface area contributed by atoms with Crippen molar-refractivity contribution in [3.05, 3.63) is 119 Å². The van der Waals surface area contributed by atoms with Crippen LogP contribution in [-0.2, 0) is 32.0 Å². The van der Waals surface area contributed by atoms with Gasteiger partial charge in [0.15, 0.2) is 0 Å². The number of carbonyl (C=O) groups is 4. The SMILES string of the molecule is COc1cccc(CC(=O)N2CCC[C@H]2C(=O)Nc2ccc(/C=C/c3ccc(NC(=O)[C@@H]4CCCN4C(=O)Cc4cccc(OC)c4)cc3)cc2)c1. The first-order chi connectivity index (χ1) is 25.3. The predicted molar refractivity (Wildman–Crippen MR) is 202 cm³/mol. The Balaban J connectivity index is 0.982. The molecule has 6 rings (SSSR count). The van der Waals surface area contributed by atoms with E-state index in [1.807, 2.05) is 109 Å². The highest BCUT2D eigenvalue weighted by Gasteiger charge is 2.35. The molecule has 0 saturated carbocycles. The van der Waals surface area contributed by atoms with Crippen LogP contribution < -0.4 is 20.1 Å². The molecule has 4 aromatic carbocycles. The number of hydrogen-bond acceptors (Lipinski definition) is 6. The van der Waals surface area contributed by atoms with Gasteiger partial charge in [-0.15, -0.1) is 0 Å². The number of carbonyl (C=O) groups excluding carboxylic acids is 4. The van der Waals surface area contributed by atoms with Gasteiger partial charge in [0.1, 0.15) is 23.6 Å². The number of likely N-dealkylation sites (tertiary alicyclic amines) is 2. The van der Waals surface area contributed by atoms with E-state index in [1.165, 1.54) is 0 Å². The standard InChI is InChI=1S/C42H44N4O6/c1-51-35-9-3-7-31(25-35)27-39(47)45-23-5-11-37(45)41(49)43-33-19-15-29(16-20-33)13-14-30-17-21-34(22-18-30)44-42(50)38-12-6-24-46(38)40(48)28-32-8-4-10-36(26-32)52-2/h3-4,7-10,13-22,25-26,37-38H,5-6,11-12,23-24,27-28H2,1-2H3,(H,43,49)(H,44,50)/b14-13+/t37-,38-/m0/s1. The Morgan fingerprint density at radius 3 is 1.40 bits per heavy atom. The summed E-state index contributed by atoms with van der Waals surface area (Å²) in [7, 11) is 3.19. The van der Waals surface area contributed by atoms with Gasteiger partial charge in [-0.25, -0.2) is 0 Å². The first kappa shape index (κ1) is 35.9. The van der Waals surface area contributed by atoms with Gasteiger partial charge in [0.25, 0.3) is 0 Å². The quantitative estimate of drug-likeness (QED) is 0.170. The zero-order valence-corrected chi connectivity index (χ0v) is 29.5. The van der Waals surface area contributed by atoms with E-state index < -0.39 is 12.1 Å². The minimum atomic E-state index is -0.505. The molecule has 4 aromatic rings. The van der Waals surface area contributed by atoms with E-state index in [2.05, 4.69) is 10.6 Å². The van der Waals surface area contributed by atoms with E-state index in [0.29, 0.717) is 48.8 Å². The molecule has 0 aliphatic carbocycles. The third-order valence-corrected chi connectivity index (χ3v) is 9.56. The van der Waals surface area contributed by atoms with Crippen LogP contribution in [0, 0.1) is 0 Å². The van der Waals surface area contributed by atoms with Crippen molar-refractivity contribution in [1.82, 2.24) is 9.80 Å². The summed E-state index contributed by atoms with van der Waals surface area (Å²) in [5, 5.41) is 5.96. The normalized spacial score (nSPS) is 16.9. The molecule has 10 heteroatoms. The van der Waals surface area contributed by atoms with Crippen molar-refractivity contribution in [3.8, 4) is 11.5 Å². The Bertz CT molecular complexity index is 1780. The summed E-state index contributed by atoms with van der Waals surface area (Å²) in [5.41, 5.74) is 4.93. The maximum absolute atomic E-state index is 13.2. The minimum absolute atomic E-state index is 0.0739. The minimum Gasteiger partial charge on any atom is -0.497 e. The monoisotopic (exact) mass is 700 g/mol. The Hall–Kier alpha value is -5.90. The number of nitrogens with one attached hydrogen (secondary N) is 2. The number of anilines is 2. The molecule has 0 aromatic heterocycles. The van der Waals surface area contributed by atoms with Crippen molar-refractivity contribution in [2.24, 2.45) is 0 Å². The van der Waals surface area contributed by atoms with E-state index in [9.17, 15) is 19.2 Å². The number of hydrogen-bond donors (Lipinski definition) is 2. The molecule has 268 valence electrons. The molecule has 0 bridgehead atoms. The molecular formula is C42H44N4O6. The lowest BCUT2D eigenvalue weighted by atomic mass is 10.1. The van der Waals surface area contributed by atoms with Gasteiger partial charge < -0.3 is 29.9 Å². The molecule has 2 saturated heterocycles. The van der Waals surface area contributed by atoms with Gasteiger partial charge in [-0.05, 0) is 96.5 Å². The van der Waals surface area contributed by atoms with Crippen LogP contribution in [0.25, 0.3) is 12.2 Å². The maximum atomic E-state index is 13.2. The van der Waals surface area contributed by atoms with Crippen molar-refractivity contribution in [1.29, 1.82) is 0 Å². The summed E-state index contributed by atoms with van der Waals surface area (Å²) in [6.07, 6.45) is 7.20. The number of methoxy groups -OCH3 is 2. The smallest absolute Gasteiger partial charge is 0.247 e. The maximum Gasteiger partial charge on any atom is 0.247 e. The number of benzene rings is 4. The van der Waals surface area contributed by atoms with Gasteiger partial charge in [0, 0.05) is 24.5 Å². The Kier molecular flexibility index (Phi) is 11.7. The number of rotatable bonds is 12. The van der Waals surface area contributed by atoms with Crippen molar-refractivity contribution in [2.75, 3.05) is 37.9 Å². The van der Waals surface area contributed by atoms with Gasteiger partial charge in [-0.2, -0.15) is 0 Å². The second kappa shape index (κ2) is 16.9. The molecule has 0 spiro atoms. The van der Waals surface area contributed by atoms with Crippen LogP contribution in [-0.4, -0.2) is 72.8 Å². The third-order valence-electron chi connectivity index (χ3n) is 9.56. The van der Waals surface area contributed by atoms with E-state index in [4.69, 9.17) is 9.47 Å². The lowest BCUT2D eigenvalue weighted by Gasteiger charge is -2.24. The molecule has 2 heterocycles. The molecule has 2 fully saturated rings. The van der Waals surface area contributed by atoms with Crippen LogP contribution >= 0.6 is 0 Å². The molecule has 0 radical (unpaired) electrons. The van der Waals surface area contributed by atoms with E-state index in [1.54, 1.807) is 24.0 Å². The average Bonchev–Trinajstić information content (AvgIpc) is 3.87. The van der Waals surface area contributed by atoms with Crippen LogP contribution in [0.2, 0.25) is 0 Å². The zero-order valence-electron chi connectivity index (χ0n) is 29.5. The summed E-state index contributed by atoms with van der Waals surface area (Å²) in [6.45, 7) is 1.12. The Morgan fingerprint density at radius 2 is 1.02 bits per heavy atom. The van der Waals surface area contributed by atoms with Crippen LogP contribution in [0.1, 0.15) is 47.9 Å². The van der Waals surface area contributed by atoms with E-state index >= 15 is 0 Å². The molecule has 2 N–H and O–H groups in total. The Labute approximate surface area is 304 Å². The van der Waals surface area contributed by atoms with Gasteiger partial charge >= 0.3 is 0 Å². The molecule has 4 amide bonds. The molecule has 52 heavy (non-hydrogen) atoms. The predicted octanol–water partition coefficient (Wildman–Crippen LogP) is 6.22. The lowest BCUT2D eigenvalue weighted by molar-refractivity contribution is -0.136. The van der Waals surface area contributed by atoms with Crippen molar-refractivity contribution in [3.63, 3.8) is 0 Å². The summed E-state index contributed by atoms with van der Waals surface area (Å²) < 4.78 is 10.5. The summed E-state index contributed by atoms with van der Waals surface area (Å²) in [5.74, 6) is 0.870. The molecule has 10 nitrogen and oxygen atoms in total. The molecule has 2 aliphatic heterocycles. The fourth-order valence-corrected chi connectivity index (χ4v) is 6.79. The van der Waals surface area contributed by atoms with E-state index in [0.717, 1.165) is 35.1 Å². The topological polar surface area (TPSA) is 117 Å². The summed E-state index contributed by atoms with van der Waals surface area (Å²) in [6, 6.07) is 28.9. The lowest BCUT2D eigenvalue weighted by Crippen LogP contribution is -2.43. The number of amides is 4. The van der Waals surface area contributed by atoms with Gasteiger partial charge in [0.05, 0.1) is 27.1 Å². The summed E-state index contributed by atoms with van der Waals surface area (Å²) in [4.78, 5) is 55.9. The van der Waals surface area contributed by atoms with Crippen LogP contribution in [0.4, 0.5) is 11.4 Å². The fourth-order valence-electron chi connectivity index (χ4n) is 6.79. The average molecular weight is 701 g/mol. The first-order valence-corrected chi connectivity index (χ1v) is 17.6. The first-order valence-electron chi connectivity index (χ1n) is 17.6. The second-order valence-corrected chi connectivity index (χ2v) is 13.1. The summed E-state index contributed by atoms with van der Waals surface area (Å²) >= 11 is 0.